The predicted molar refractivity (Wildman–Crippen MR) is 78.7 cm³/mol. The van der Waals surface area contributed by atoms with Gasteiger partial charge in [-0.15, -0.1) is 0 Å². The van der Waals surface area contributed by atoms with Gasteiger partial charge in [-0.25, -0.2) is 0 Å². The van der Waals surface area contributed by atoms with E-state index in [2.05, 4.69) is 40.3 Å². The minimum absolute atomic E-state index is 0.991. The van der Waals surface area contributed by atoms with E-state index in [1.807, 2.05) is 24.3 Å². The number of fused-ring (bicyclic) bond motifs is 2. The van der Waals surface area contributed by atoms with Gasteiger partial charge in [-0.05, 0) is 48.9 Å². The molecule has 0 radical (unpaired) electrons. The summed E-state index contributed by atoms with van der Waals surface area (Å²) in [6.45, 7) is 0. The van der Waals surface area contributed by atoms with Gasteiger partial charge in [0.15, 0.2) is 0 Å². The van der Waals surface area contributed by atoms with E-state index in [1.54, 1.807) is 0 Å². The Morgan fingerprint density at radius 1 is 0.684 bits per heavy atom. The van der Waals surface area contributed by atoms with Crippen molar-refractivity contribution in [1.82, 2.24) is 0 Å². The zero-order valence-corrected chi connectivity index (χ0v) is 10.8. The third-order valence-electron chi connectivity index (χ3n) is 3.47. The lowest BCUT2D eigenvalue weighted by atomic mass is 10.0. The van der Waals surface area contributed by atoms with Crippen LogP contribution in [0.5, 0.6) is 0 Å². The maximum Gasteiger partial charge on any atom is 0.100 e. The summed E-state index contributed by atoms with van der Waals surface area (Å²) in [7, 11) is 0. The quantitative estimate of drug-likeness (QED) is 0.645. The fraction of sp³-hybridized carbons (Fsp3) is 0.235. The molecule has 0 aromatic heterocycles. The highest BCUT2D eigenvalue weighted by atomic mass is 14.8. The van der Waals surface area contributed by atoms with Gasteiger partial charge < -0.3 is 0 Å². The molecule has 2 nitrogen and oxygen atoms in total. The average molecular weight is 248 g/mol. The van der Waals surface area contributed by atoms with E-state index in [0.717, 1.165) is 24.2 Å². The van der Waals surface area contributed by atoms with E-state index in [4.69, 9.17) is 0 Å². The number of aryl methyl sites for hydroxylation is 2. The largest absolute Gasteiger partial charge is 0.187 e. The van der Waals surface area contributed by atoms with Crippen molar-refractivity contribution >= 4 is 17.4 Å². The molecule has 0 saturated carbocycles. The fourth-order valence-corrected chi connectivity index (χ4v) is 2.43. The number of rotatable bonds is 0. The molecule has 3 rings (SSSR count). The average Bonchev–Trinajstić information content (AvgIpc) is 2.49. The summed E-state index contributed by atoms with van der Waals surface area (Å²) in [4.78, 5) is 8.74. The smallest absolute Gasteiger partial charge is 0.100 e. The minimum atomic E-state index is 0.991. The second-order valence-electron chi connectivity index (χ2n) is 4.79. The Bertz CT molecular complexity index is 584. The first-order valence-corrected chi connectivity index (χ1v) is 6.76. The standard InChI is InChI=1S/C17H16N2/c1-2-8-15-10-4-6-12-17(15)19-13-18-16-11-5-3-9-14(16)7-1/h3-6,9-12H,1-2,7-8H2. The molecule has 0 fully saturated rings. The number of hydrogen-bond acceptors (Lipinski definition) is 2. The SMILES string of the molecule is C1=Nc2ccccc2CCCCc2ccccc2N=1. The van der Waals surface area contributed by atoms with Crippen LogP contribution < -0.4 is 0 Å². The normalized spacial score (nSPS) is 14.3. The van der Waals surface area contributed by atoms with Crippen LogP contribution >= 0.6 is 0 Å². The van der Waals surface area contributed by atoms with Gasteiger partial charge in [0.05, 0.1) is 11.4 Å². The second kappa shape index (κ2) is 5.64. The van der Waals surface area contributed by atoms with E-state index in [1.165, 1.54) is 24.0 Å². The molecule has 0 bridgehead atoms. The highest BCUT2D eigenvalue weighted by Crippen LogP contribution is 2.24. The van der Waals surface area contributed by atoms with Gasteiger partial charge in [-0.2, -0.15) is 9.98 Å². The minimum Gasteiger partial charge on any atom is -0.187 e. The summed E-state index contributed by atoms with van der Waals surface area (Å²) < 4.78 is 0. The number of aliphatic imine (C=N–C) groups is 2. The van der Waals surface area contributed by atoms with Gasteiger partial charge in [-0.3, -0.25) is 0 Å². The molecular formula is C17H16N2. The first-order chi connectivity index (χ1) is 9.43. The van der Waals surface area contributed by atoms with Crippen molar-refractivity contribution in [2.24, 2.45) is 9.98 Å². The van der Waals surface area contributed by atoms with E-state index >= 15 is 0 Å². The lowest BCUT2D eigenvalue weighted by Crippen LogP contribution is -1.89. The molecule has 2 heteroatoms. The van der Waals surface area contributed by atoms with E-state index in [-0.39, 0.29) is 0 Å². The molecule has 0 spiro atoms. The van der Waals surface area contributed by atoms with Crippen LogP contribution in [0.4, 0.5) is 11.4 Å². The third-order valence-corrected chi connectivity index (χ3v) is 3.47. The molecule has 0 atom stereocenters. The highest BCUT2D eigenvalue weighted by Gasteiger charge is 2.04. The summed E-state index contributed by atoms with van der Waals surface area (Å²) in [6.07, 6.45) is 4.51. The molecule has 2 aromatic rings. The van der Waals surface area contributed by atoms with Gasteiger partial charge in [0, 0.05) is 0 Å². The molecule has 19 heavy (non-hydrogen) atoms. The van der Waals surface area contributed by atoms with E-state index in [0.29, 0.717) is 0 Å². The first kappa shape index (κ1) is 11.9. The molecule has 2 aromatic carbocycles. The monoisotopic (exact) mass is 248 g/mol. The summed E-state index contributed by atoms with van der Waals surface area (Å²) in [5, 5.41) is 0. The lowest BCUT2D eigenvalue weighted by molar-refractivity contribution is 0.735. The number of hydrogen-bond donors (Lipinski definition) is 0. The van der Waals surface area contributed by atoms with Gasteiger partial charge in [0.25, 0.3) is 0 Å². The van der Waals surface area contributed by atoms with E-state index in [9.17, 15) is 0 Å². The van der Waals surface area contributed by atoms with Gasteiger partial charge in [-0.1, -0.05) is 36.4 Å². The van der Waals surface area contributed by atoms with Crippen LogP contribution in [-0.4, -0.2) is 6.01 Å². The van der Waals surface area contributed by atoms with Crippen LogP contribution in [-0.2, 0) is 12.8 Å². The summed E-state index contributed by atoms with van der Waals surface area (Å²) >= 11 is 0. The molecule has 1 aliphatic rings. The molecular weight excluding hydrogens is 232 g/mol. The highest BCUT2D eigenvalue weighted by molar-refractivity contribution is 5.61. The van der Waals surface area contributed by atoms with Gasteiger partial charge in [0.2, 0.25) is 0 Å². The lowest BCUT2D eigenvalue weighted by Gasteiger charge is -2.05. The topological polar surface area (TPSA) is 24.7 Å². The Hall–Kier alpha value is -2.18. The Morgan fingerprint density at radius 2 is 1.16 bits per heavy atom. The number of benzene rings is 2. The van der Waals surface area contributed by atoms with Crippen molar-refractivity contribution in [2.75, 3.05) is 0 Å². The zero-order valence-electron chi connectivity index (χ0n) is 10.8. The molecule has 0 saturated heterocycles. The van der Waals surface area contributed by atoms with Gasteiger partial charge >= 0.3 is 0 Å². The van der Waals surface area contributed by atoms with Crippen LogP contribution in [0.25, 0.3) is 0 Å². The molecule has 1 aliphatic heterocycles. The van der Waals surface area contributed by atoms with Crippen molar-refractivity contribution in [1.29, 1.82) is 0 Å². The van der Waals surface area contributed by atoms with E-state index < -0.39 is 0 Å². The van der Waals surface area contributed by atoms with Crippen LogP contribution in [0.3, 0.4) is 0 Å². The maximum atomic E-state index is 4.37. The first-order valence-electron chi connectivity index (χ1n) is 6.76. The fourth-order valence-electron chi connectivity index (χ4n) is 2.43. The zero-order chi connectivity index (χ0) is 12.9. The molecule has 1 heterocycles. The Balaban J connectivity index is 2.03. The maximum absolute atomic E-state index is 4.37. The van der Waals surface area contributed by atoms with Crippen molar-refractivity contribution in [3.05, 3.63) is 59.7 Å². The summed E-state index contributed by atoms with van der Waals surface area (Å²) in [5.74, 6) is 0. The molecule has 0 amide bonds. The molecule has 0 N–H and O–H groups in total. The number of para-hydroxylation sites is 2. The van der Waals surface area contributed by atoms with Crippen molar-refractivity contribution < 1.29 is 0 Å². The summed E-state index contributed by atoms with van der Waals surface area (Å²) in [6, 6.07) is 19.4. The summed E-state index contributed by atoms with van der Waals surface area (Å²) in [5.41, 5.74) is 4.56. The van der Waals surface area contributed by atoms with Crippen LogP contribution in [0.2, 0.25) is 0 Å². The Kier molecular flexibility index (Phi) is 3.53. The number of nitrogens with zero attached hydrogens (tertiary/aromatic N) is 2. The van der Waals surface area contributed by atoms with Crippen LogP contribution in [0, 0.1) is 0 Å². The predicted octanol–water partition coefficient (Wildman–Crippen LogP) is 4.70. The Labute approximate surface area is 113 Å². The second-order valence-corrected chi connectivity index (χ2v) is 4.79. The third kappa shape index (κ3) is 2.81. The van der Waals surface area contributed by atoms with Crippen molar-refractivity contribution in [2.45, 2.75) is 25.7 Å². The Morgan fingerprint density at radius 3 is 1.68 bits per heavy atom. The van der Waals surface area contributed by atoms with Crippen LogP contribution in [0.15, 0.2) is 58.5 Å². The van der Waals surface area contributed by atoms with Crippen LogP contribution in [0.1, 0.15) is 24.0 Å². The molecule has 94 valence electrons. The van der Waals surface area contributed by atoms with Crippen molar-refractivity contribution in [3.8, 4) is 0 Å². The molecule has 0 aliphatic carbocycles. The van der Waals surface area contributed by atoms with Gasteiger partial charge in [0.1, 0.15) is 6.01 Å². The molecule has 0 unspecified atom stereocenters. The van der Waals surface area contributed by atoms with Crippen molar-refractivity contribution in [3.63, 3.8) is 0 Å².